The monoisotopic (exact) mass is 922 g/mol. The normalized spacial score (nSPS) is 14.0. The molecular weight excluding hydrogens is 819 g/mol. The zero-order chi connectivity index (χ0) is 48.5. The highest BCUT2D eigenvalue weighted by Gasteiger charge is 2.17. The number of carbonyl (C=O) groups excluding carboxylic acids is 1. The fourth-order valence-corrected chi connectivity index (χ4v) is 7.38. The first-order valence-electron chi connectivity index (χ1n) is 27.5. The molecule has 3 N–H and O–H groups in total. The number of hydrogen-bond donors (Lipinski definition) is 3. The van der Waals surface area contributed by atoms with Crippen LogP contribution in [0.4, 0.5) is 0 Å². The number of amides is 1. The Morgan fingerprint density at radius 1 is 0.373 bits per heavy atom. The molecule has 67 heavy (non-hydrogen) atoms. The van der Waals surface area contributed by atoms with E-state index in [9.17, 15) is 15.0 Å². The van der Waals surface area contributed by atoms with Gasteiger partial charge in [0.05, 0.1) is 18.8 Å². The third kappa shape index (κ3) is 53.1. The molecule has 378 valence electrons. The lowest BCUT2D eigenvalue weighted by molar-refractivity contribution is -0.123. The molecule has 2 unspecified atom stereocenters. The first-order valence-corrected chi connectivity index (χ1v) is 27.5. The van der Waals surface area contributed by atoms with Gasteiger partial charge in [-0.1, -0.05) is 250 Å². The zero-order valence-corrected chi connectivity index (χ0v) is 43.4. The minimum atomic E-state index is -0.886. The second-order valence-electron chi connectivity index (χ2n) is 17.9. The van der Waals surface area contributed by atoms with Crippen LogP contribution in [-0.2, 0) is 4.79 Å². The van der Waals surface area contributed by atoms with E-state index in [0.717, 1.165) is 109 Å². The van der Waals surface area contributed by atoms with Crippen molar-refractivity contribution in [3.05, 3.63) is 146 Å². The number of hydrogen-bond acceptors (Lipinski definition) is 3. The lowest BCUT2D eigenvalue weighted by Gasteiger charge is -2.19. The molecule has 0 aromatic rings. The van der Waals surface area contributed by atoms with Crippen LogP contribution in [-0.4, -0.2) is 34.9 Å². The average Bonchev–Trinajstić information content (AvgIpc) is 3.33. The molecule has 0 aliphatic carbocycles. The predicted molar refractivity (Wildman–Crippen MR) is 298 cm³/mol. The van der Waals surface area contributed by atoms with Crippen molar-refractivity contribution in [1.82, 2.24) is 5.32 Å². The zero-order valence-electron chi connectivity index (χ0n) is 43.4. The average molecular weight is 923 g/mol. The summed E-state index contributed by atoms with van der Waals surface area (Å²) in [6, 6.07) is -0.663. The molecular formula is C63H103NO3. The van der Waals surface area contributed by atoms with Gasteiger partial charge >= 0.3 is 0 Å². The Labute approximate surface area is 414 Å². The van der Waals surface area contributed by atoms with Gasteiger partial charge in [0.15, 0.2) is 0 Å². The molecule has 1 amide bonds. The van der Waals surface area contributed by atoms with Crippen molar-refractivity contribution in [1.29, 1.82) is 0 Å². The fourth-order valence-electron chi connectivity index (χ4n) is 7.38. The number of nitrogens with one attached hydrogen (secondary N) is 1. The second-order valence-corrected chi connectivity index (χ2v) is 17.9. The molecule has 0 aliphatic heterocycles. The molecule has 0 radical (unpaired) electrons. The molecule has 4 heteroatoms. The molecule has 4 nitrogen and oxygen atoms in total. The van der Waals surface area contributed by atoms with Crippen molar-refractivity contribution in [3.63, 3.8) is 0 Å². The molecule has 0 aromatic carbocycles. The maximum atomic E-state index is 12.5. The molecule has 0 rings (SSSR count). The van der Waals surface area contributed by atoms with Gasteiger partial charge in [-0.2, -0.15) is 0 Å². The Kier molecular flexibility index (Phi) is 53.4. The van der Waals surface area contributed by atoms with Crippen LogP contribution in [0.2, 0.25) is 0 Å². The van der Waals surface area contributed by atoms with Crippen LogP contribution < -0.4 is 5.32 Å². The standard InChI is InChI=1S/C63H103NO3/c1-3-5-7-9-11-13-15-17-19-21-23-25-26-27-28-29-30-31-32-33-34-35-36-37-38-39-41-43-45-47-49-51-53-55-57-59-63(67)64-61(60-65)62(66)58-56-54-52-50-48-46-44-42-40-24-22-20-18-16-14-12-10-8-6-4-2/h5,7,11,13,17,19,23,25,27-28,30-31,33-34,36-37,39-42,48,50,56,58,61-62,65-66H,3-4,6,8-10,12,14-16,18,20-22,24,26,29,32,35,38,43-47,49,51-55,57,59-60H2,1-2H3,(H,64,67)/b7-5-,13-11-,19-17-,25-23-,28-27-,31-30-,34-33-,37-36-,41-39-,42-40+,50-48+,58-56+. The van der Waals surface area contributed by atoms with Crippen LogP contribution in [0.5, 0.6) is 0 Å². The van der Waals surface area contributed by atoms with Crippen molar-refractivity contribution < 1.29 is 15.0 Å². The van der Waals surface area contributed by atoms with Gasteiger partial charge in [-0.05, 0) is 116 Å². The minimum absolute atomic E-state index is 0.0954. The number of aliphatic hydroxyl groups is 2. The van der Waals surface area contributed by atoms with E-state index in [1.807, 2.05) is 6.08 Å². The number of unbranched alkanes of at least 4 members (excludes halogenated alkanes) is 19. The molecule has 0 bridgehead atoms. The largest absolute Gasteiger partial charge is 0.394 e. The van der Waals surface area contributed by atoms with Crippen LogP contribution in [0.15, 0.2) is 146 Å². The van der Waals surface area contributed by atoms with Gasteiger partial charge in [0.2, 0.25) is 5.91 Å². The SMILES string of the molecule is CC/C=C\C/C=C\C/C=C\C/C=C\C/C=C\C/C=C\C/C=C\C/C=C\C/C=C\CCCCCCCCCC(=O)NC(CO)C(O)/C=C/CC/C=C/CC/C=C/CCCCCCCCCCCC. The van der Waals surface area contributed by atoms with Gasteiger partial charge in [-0.3, -0.25) is 4.79 Å². The van der Waals surface area contributed by atoms with E-state index in [0.29, 0.717) is 6.42 Å². The third-order valence-electron chi connectivity index (χ3n) is 11.5. The maximum Gasteiger partial charge on any atom is 0.220 e. The number of rotatable bonds is 48. The first kappa shape index (κ1) is 63.3. The van der Waals surface area contributed by atoms with Crippen molar-refractivity contribution in [2.24, 2.45) is 0 Å². The van der Waals surface area contributed by atoms with Crippen LogP contribution in [0.25, 0.3) is 0 Å². The summed E-state index contributed by atoms with van der Waals surface area (Å²) in [5.41, 5.74) is 0. The molecule has 0 spiro atoms. The summed E-state index contributed by atoms with van der Waals surface area (Å²) in [7, 11) is 0. The van der Waals surface area contributed by atoms with Gasteiger partial charge in [0, 0.05) is 6.42 Å². The highest BCUT2D eigenvalue weighted by molar-refractivity contribution is 5.76. The highest BCUT2D eigenvalue weighted by Crippen LogP contribution is 2.13. The van der Waals surface area contributed by atoms with Gasteiger partial charge in [0.1, 0.15) is 0 Å². The lowest BCUT2D eigenvalue weighted by Crippen LogP contribution is -2.45. The predicted octanol–water partition coefficient (Wildman–Crippen LogP) is 18.4. The van der Waals surface area contributed by atoms with Crippen LogP contribution in [0.3, 0.4) is 0 Å². The van der Waals surface area contributed by atoms with Gasteiger partial charge in [0.25, 0.3) is 0 Å². The van der Waals surface area contributed by atoms with Gasteiger partial charge < -0.3 is 15.5 Å². The van der Waals surface area contributed by atoms with Gasteiger partial charge in [-0.15, -0.1) is 0 Å². The Morgan fingerprint density at radius 3 is 1.04 bits per heavy atom. The maximum absolute atomic E-state index is 12.5. The van der Waals surface area contributed by atoms with Gasteiger partial charge in [-0.25, -0.2) is 0 Å². The number of aliphatic hydroxyl groups excluding tert-OH is 2. The summed E-state index contributed by atoms with van der Waals surface area (Å²) in [5, 5.41) is 23.1. The molecule has 0 saturated heterocycles. The number of allylic oxidation sites excluding steroid dienone is 23. The van der Waals surface area contributed by atoms with Crippen LogP contribution in [0.1, 0.15) is 226 Å². The number of carbonyl (C=O) groups is 1. The van der Waals surface area contributed by atoms with Crippen molar-refractivity contribution >= 4 is 5.91 Å². The smallest absolute Gasteiger partial charge is 0.220 e. The fraction of sp³-hybridized carbons (Fsp3) is 0.603. The lowest BCUT2D eigenvalue weighted by atomic mass is 10.1. The summed E-state index contributed by atoms with van der Waals surface area (Å²) < 4.78 is 0. The van der Waals surface area contributed by atoms with E-state index in [1.54, 1.807) is 6.08 Å². The molecule has 0 aliphatic rings. The topological polar surface area (TPSA) is 69.6 Å². The Balaban J connectivity index is 3.70. The molecule has 0 fully saturated rings. The molecule has 2 atom stereocenters. The van der Waals surface area contributed by atoms with E-state index in [-0.39, 0.29) is 12.5 Å². The van der Waals surface area contributed by atoms with Crippen LogP contribution in [0, 0.1) is 0 Å². The van der Waals surface area contributed by atoms with Crippen molar-refractivity contribution in [2.45, 2.75) is 238 Å². The minimum Gasteiger partial charge on any atom is -0.394 e. The first-order chi connectivity index (χ1) is 33.2. The van der Waals surface area contributed by atoms with Crippen molar-refractivity contribution in [2.75, 3.05) is 6.61 Å². The summed E-state index contributed by atoms with van der Waals surface area (Å²) in [4.78, 5) is 12.5. The van der Waals surface area contributed by atoms with E-state index >= 15 is 0 Å². The summed E-state index contributed by atoms with van der Waals surface area (Å²) in [6.45, 7) is 4.17. The van der Waals surface area contributed by atoms with Crippen LogP contribution >= 0.6 is 0 Å². The van der Waals surface area contributed by atoms with E-state index in [2.05, 4.69) is 153 Å². The summed E-state index contributed by atoms with van der Waals surface area (Å²) in [6.07, 6.45) is 89.9. The van der Waals surface area contributed by atoms with E-state index in [1.165, 1.54) is 96.3 Å². The van der Waals surface area contributed by atoms with E-state index < -0.39 is 12.1 Å². The van der Waals surface area contributed by atoms with Crippen molar-refractivity contribution in [3.8, 4) is 0 Å². The Hall–Kier alpha value is -3.73. The quantitative estimate of drug-likeness (QED) is 0.0421. The Morgan fingerprint density at radius 2 is 0.672 bits per heavy atom. The summed E-state index contributed by atoms with van der Waals surface area (Å²) >= 11 is 0. The Bertz CT molecular complexity index is 1420. The van der Waals surface area contributed by atoms with E-state index in [4.69, 9.17) is 0 Å². The highest BCUT2D eigenvalue weighted by atomic mass is 16.3. The molecule has 0 saturated carbocycles. The second kappa shape index (κ2) is 56.6. The third-order valence-corrected chi connectivity index (χ3v) is 11.5. The molecule has 0 heterocycles. The summed E-state index contributed by atoms with van der Waals surface area (Å²) in [5.74, 6) is -0.0954. The molecule has 0 aromatic heterocycles.